The molecule has 1 aliphatic rings. The topological polar surface area (TPSA) is 56.8 Å². The lowest BCUT2D eigenvalue weighted by molar-refractivity contribution is -0.153. The van der Waals surface area contributed by atoms with Gasteiger partial charge in [-0.2, -0.15) is 0 Å². The van der Waals surface area contributed by atoms with Crippen LogP contribution >= 0.6 is 0 Å². The van der Waals surface area contributed by atoms with Gasteiger partial charge in [0.05, 0.1) is 12.7 Å². The quantitative estimate of drug-likeness (QED) is 0.591. The van der Waals surface area contributed by atoms with Gasteiger partial charge >= 0.3 is 5.97 Å². The fourth-order valence-electron chi connectivity index (χ4n) is 2.77. The standard InChI is InChI=1S/C18H33NO4/c1-5-6-8-14(2)17(21-4)11-15(3)19-12-18(20)23-16-9-7-10-22-13-16/h14,16-17,19H,3,5-13H2,1-2,4H3/t14-,16+,17?/m0/s1. The molecule has 0 amide bonds. The maximum atomic E-state index is 11.8. The van der Waals surface area contributed by atoms with E-state index in [9.17, 15) is 4.79 Å². The zero-order valence-electron chi connectivity index (χ0n) is 14.9. The summed E-state index contributed by atoms with van der Waals surface area (Å²) in [5.74, 6) is 0.222. The number of ether oxygens (including phenoxy) is 3. The molecular weight excluding hydrogens is 294 g/mol. The van der Waals surface area contributed by atoms with E-state index < -0.39 is 0 Å². The number of rotatable bonds is 11. The van der Waals surface area contributed by atoms with Crippen LogP contribution in [-0.2, 0) is 19.0 Å². The van der Waals surface area contributed by atoms with E-state index in [0.29, 0.717) is 18.9 Å². The summed E-state index contributed by atoms with van der Waals surface area (Å²) in [6, 6.07) is 0. The van der Waals surface area contributed by atoms with Gasteiger partial charge in [0.15, 0.2) is 0 Å². The van der Waals surface area contributed by atoms with E-state index in [-0.39, 0.29) is 24.7 Å². The summed E-state index contributed by atoms with van der Waals surface area (Å²) in [4.78, 5) is 11.8. The SMILES string of the molecule is C=C(CC(OC)[C@@H](C)CCCC)NCC(=O)O[C@@H]1CCCOC1. The lowest BCUT2D eigenvalue weighted by Crippen LogP contribution is -2.33. The van der Waals surface area contributed by atoms with Gasteiger partial charge in [0.25, 0.3) is 0 Å². The number of nitrogens with one attached hydrogen (secondary N) is 1. The number of carbonyl (C=O) groups excluding carboxylic acids is 1. The molecule has 23 heavy (non-hydrogen) atoms. The first-order valence-corrected chi connectivity index (χ1v) is 8.78. The smallest absolute Gasteiger partial charge is 0.325 e. The second-order valence-electron chi connectivity index (χ2n) is 6.38. The molecule has 1 rings (SSSR count). The van der Waals surface area contributed by atoms with Crippen molar-refractivity contribution in [1.82, 2.24) is 5.32 Å². The first kappa shape index (κ1) is 20.0. The zero-order chi connectivity index (χ0) is 17.1. The summed E-state index contributed by atoms with van der Waals surface area (Å²) in [6.07, 6.45) is 6.11. The highest BCUT2D eigenvalue weighted by Gasteiger charge is 2.20. The van der Waals surface area contributed by atoms with Crippen LogP contribution in [-0.4, -0.2) is 45.0 Å². The molecule has 1 saturated heterocycles. The molecule has 0 spiro atoms. The normalized spacial score (nSPS) is 20.6. The van der Waals surface area contributed by atoms with Gasteiger partial charge in [-0.05, 0) is 25.2 Å². The summed E-state index contributed by atoms with van der Waals surface area (Å²) in [7, 11) is 1.73. The number of hydrogen-bond acceptors (Lipinski definition) is 5. The molecule has 0 saturated carbocycles. The highest BCUT2D eigenvalue weighted by atomic mass is 16.6. The van der Waals surface area contributed by atoms with Crippen LogP contribution in [0, 0.1) is 5.92 Å². The lowest BCUT2D eigenvalue weighted by atomic mass is 9.95. The van der Waals surface area contributed by atoms with Crippen LogP contribution in [0.3, 0.4) is 0 Å². The fraction of sp³-hybridized carbons (Fsp3) is 0.833. The Labute approximate surface area is 140 Å². The second-order valence-corrected chi connectivity index (χ2v) is 6.38. The van der Waals surface area contributed by atoms with Crippen LogP contribution in [0.4, 0.5) is 0 Å². The number of esters is 1. The van der Waals surface area contributed by atoms with Crippen molar-refractivity contribution in [3.05, 3.63) is 12.3 Å². The first-order chi connectivity index (χ1) is 11.1. The average Bonchev–Trinajstić information content (AvgIpc) is 2.56. The first-order valence-electron chi connectivity index (χ1n) is 8.78. The van der Waals surface area contributed by atoms with E-state index in [2.05, 4.69) is 25.7 Å². The van der Waals surface area contributed by atoms with E-state index in [1.807, 2.05) is 0 Å². The molecule has 1 unspecified atom stereocenters. The maximum Gasteiger partial charge on any atom is 0.325 e. The number of methoxy groups -OCH3 is 1. The number of hydrogen-bond donors (Lipinski definition) is 1. The van der Waals surface area contributed by atoms with E-state index in [1.54, 1.807) is 7.11 Å². The van der Waals surface area contributed by atoms with E-state index in [0.717, 1.165) is 31.6 Å². The summed E-state index contributed by atoms with van der Waals surface area (Å²) in [5, 5.41) is 3.06. The molecule has 5 nitrogen and oxygen atoms in total. The Bertz CT molecular complexity index is 353. The van der Waals surface area contributed by atoms with Crippen LogP contribution in [0.25, 0.3) is 0 Å². The van der Waals surface area contributed by atoms with Crippen LogP contribution in [0.1, 0.15) is 52.4 Å². The minimum absolute atomic E-state index is 0.105. The molecule has 0 aromatic carbocycles. The molecule has 0 aromatic rings. The van der Waals surface area contributed by atoms with E-state index in [1.165, 1.54) is 12.8 Å². The molecule has 3 atom stereocenters. The van der Waals surface area contributed by atoms with Crippen LogP contribution < -0.4 is 5.32 Å². The molecular formula is C18H33NO4. The third kappa shape index (κ3) is 8.37. The summed E-state index contributed by atoms with van der Waals surface area (Å²) in [5.41, 5.74) is 0.817. The van der Waals surface area contributed by atoms with Crippen molar-refractivity contribution in [3.8, 4) is 0 Å². The molecule has 0 aliphatic carbocycles. The van der Waals surface area contributed by atoms with Crippen molar-refractivity contribution in [2.24, 2.45) is 5.92 Å². The minimum Gasteiger partial charge on any atom is -0.459 e. The maximum absolute atomic E-state index is 11.8. The van der Waals surface area contributed by atoms with Crippen molar-refractivity contribution in [1.29, 1.82) is 0 Å². The molecule has 1 aliphatic heterocycles. The van der Waals surface area contributed by atoms with Crippen molar-refractivity contribution in [2.45, 2.75) is 64.6 Å². The number of carbonyl (C=O) groups is 1. The third-order valence-corrected chi connectivity index (χ3v) is 4.30. The zero-order valence-corrected chi connectivity index (χ0v) is 14.9. The Hall–Kier alpha value is -1.07. The third-order valence-electron chi connectivity index (χ3n) is 4.30. The van der Waals surface area contributed by atoms with Crippen LogP contribution in [0.2, 0.25) is 0 Å². The van der Waals surface area contributed by atoms with Crippen LogP contribution in [0.5, 0.6) is 0 Å². The highest BCUT2D eigenvalue weighted by Crippen LogP contribution is 2.19. The molecule has 5 heteroatoms. The lowest BCUT2D eigenvalue weighted by Gasteiger charge is -2.24. The molecule has 1 heterocycles. The van der Waals surface area contributed by atoms with Gasteiger partial charge in [-0.1, -0.05) is 33.3 Å². The number of unbranched alkanes of at least 4 members (excludes halogenated alkanes) is 1. The van der Waals surface area contributed by atoms with Gasteiger partial charge in [-0.3, -0.25) is 4.79 Å². The minimum atomic E-state index is -0.255. The Morgan fingerprint density at radius 2 is 2.26 bits per heavy atom. The van der Waals surface area contributed by atoms with E-state index >= 15 is 0 Å². The predicted molar refractivity (Wildman–Crippen MR) is 91.2 cm³/mol. The van der Waals surface area contributed by atoms with Gasteiger partial charge < -0.3 is 19.5 Å². The fourth-order valence-corrected chi connectivity index (χ4v) is 2.77. The van der Waals surface area contributed by atoms with Gasteiger partial charge in [-0.25, -0.2) is 0 Å². The summed E-state index contributed by atoms with van der Waals surface area (Å²) < 4.78 is 16.3. The highest BCUT2D eigenvalue weighted by molar-refractivity contribution is 5.72. The molecule has 0 aromatic heterocycles. The Morgan fingerprint density at radius 3 is 2.87 bits per heavy atom. The molecule has 0 bridgehead atoms. The largest absolute Gasteiger partial charge is 0.459 e. The van der Waals surface area contributed by atoms with Crippen molar-refractivity contribution in [3.63, 3.8) is 0 Å². The van der Waals surface area contributed by atoms with Gasteiger partial charge in [0.2, 0.25) is 0 Å². The van der Waals surface area contributed by atoms with E-state index in [4.69, 9.17) is 14.2 Å². The van der Waals surface area contributed by atoms with Crippen LogP contribution in [0.15, 0.2) is 12.3 Å². The average molecular weight is 327 g/mol. The van der Waals surface area contributed by atoms with Crippen molar-refractivity contribution >= 4 is 5.97 Å². The van der Waals surface area contributed by atoms with Crippen molar-refractivity contribution < 1.29 is 19.0 Å². The van der Waals surface area contributed by atoms with Gasteiger partial charge in [0, 0.05) is 25.8 Å². The van der Waals surface area contributed by atoms with Crippen molar-refractivity contribution in [2.75, 3.05) is 26.9 Å². The van der Waals surface area contributed by atoms with Gasteiger partial charge in [-0.15, -0.1) is 0 Å². The Balaban J connectivity index is 2.24. The molecule has 1 N–H and O–H groups in total. The Morgan fingerprint density at radius 1 is 1.48 bits per heavy atom. The Kier molecular flexibility index (Phi) is 9.96. The molecule has 0 radical (unpaired) electrons. The summed E-state index contributed by atoms with van der Waals surface area (Å²) in [6.45, 7) is 9.81. The summed E-state index contributed by atoms with van der Waals surface area (Å²) >= 11 is 0. The van der Waals surface area contributed by atoms with Gasteiger partial charge in [0.1, 0.15) is 12.6 Å². The predicted octanol–water partition coefficient (Wildman–Crippen LogP) is 3.04. The molecule has 1 fully saturated rings. The monoisotopic (exact) mass is 327 g/mol. The molecule has 134 valence electrons. The second kappa shape index (κ2) is 11.5.